The van der Waals surface area contributed by atoms with Gasteiger partial charge in [0, 0.05) is 6.54 Å². The zero-order chi connectivity index (χ0) is 14.1. The number of nitrogens with one attached hydrogen (secondary N) is 1. The van der Waals surface area contributed by atoms with Gasteiger partial charge < -0.3 is 15.3 Å². The number of rotatable bonds is 4. The molecular weight excluding hydrogens is 244 g/mol. The third-order valence-electron chi connectivity index (χ3n) is 4.92. The number of carbonyl (C=O) groups is 2. The van der Waals surface area contributed by atoms with Crippen LogP contribution >= 0.6 is 0 Å². The standard InChI is InChI=1S/C14H24N2O3/c1-13(6-8-16(2)9-7-13)10-15-11(17)14(12(18)19)4-3-5-14/h3-10H2,1-2H3,(H,15,17)(H,18,19). The van der Waals surface area contributed by atoms with E-state index in [1.807, 2.05) is 0 Å². The third kappa shape index (κ3) is 2.76. The van der Waals surface area contributed by atoms with Crippen LogP contribution in [-0.4, -0.2) is 48.6 Å². The van der Waals surface area contributed by atoms with Crippen LogP contribution in [-0.2, 0) is 9.59 Å². The van der Waals surface area contributed by atoms with Crippen LogP contribution in [0.4, 0.5) is 0 Å². The van der Waals surface area contributed by atoms with Gasteiger partial charge in [-0.1, -0.05) is 13.3 Å². The molecule has 2 N–H and O–H groups in total. The largest absolute Gasteiger partial charge is 0.480 e. The molecule has 1 amide bonds. The van der Waals surface area contributed by atoms with Gasteiger partial charge in [0.05, 0.1) is 0 Å². The Kier molecular flexibility index (Phi) is 3.85. The maximum atomic E-state index is 12.1. The number of hydrogen-bond donors (Lipinski definition) is 2. The molecule has 5 heteroatoms. The Balaban J connectivity index is 1.88. The molecule has 1 saturated carbocycles. The van der Waals surface area contributed by atoms with Crippen molar-refractivity contribution in [3.05, 3.63) is 0 Å². The van der Waals surface area contributed by atoms with Crippen molar-refractivity contribution in [2.75, 3.05) is 26.7 Å². The van der Waals surface area contributed by atoms with Gasteiger partial charge in [-0.15, -0.1) is 0 Å². The monoisotopic (exact) mass is 268 g/mol. The number of aliphatic carboxylic acids is 1. The molecule has 1 saturated heterocycles. The van der Waals surface area contributed by atoms with Crippen molar-refractivity contribution in [2.45, 2.75) is 39.0 Å². The van der Waals surface area contributed by atoms with Crippen LogP contribution in [0, 0.1) is 10.8 Å². The van der Waals surface area contributed by atoms with E-state index in [0.717, 1.165) is 32.4 Å². The molecule has 0 aromatic carbocycles. The summed E-state index contributed by atoms with van der Waals surface area (Å²) in [5.74, 6) is -1.25. The number of carbonyl (C=O) groups excluding carboxylic acids is 1. The maximum absolute atomic E-state index is 12.1. The highest BCUT2D eigenvalue weighted by molar-refractivity contribution is 6.02. The van der Waals surface area contributed by atoms with E-state index in [-0.39, 0.29) is 11.3 Å². The molecule has 1 aliphatic heterocycles. The first-order chi connectivity index (χ1) is 8.88. The van der Waals surface area contributed by atoms with E-state index in [0.29, 0.717) is 19.4 Å². The van der Waals surface area contributed by atoms with Gasteiger partial charge in [0.1, 0.15) is 5.41 Å². The zero-order valence-corrected chi connectivity index (χ0v) is 11.9. The number of amides is 1. The zero-order valence-electron chi connectivity index (χ0n) is 11.9. The minimum absolute atomic E-state index is 0.103. The van der Waals surface area contributed by atoms with Gasteiger partial charge in [-0.2, -0.15) is 0 Å². The fourth-order valence-electron chi connectivity index (χ4n) is 2.87. The average Bonchev–Trinajstić information content (AvgIpc) is 2.29. The van der Waals surface area contributed by atoms with Crippen LogP contribution < -0.4 is 5.32 Å². The Labute approximate surface area is 114 Å². The van der Waals surface area contributed by atoms with Crippen molar-refractivity contribution >= 4 is 11.9 Å². The summed E-state index contributed by atoms with van der Waals surface area (Å²) >= 11 is 0. The molecule has 2 fully saturated rings. The quantitative estimate of drug-likeness (QED) is 0.749. The Morgan fingerprint density at radius 3 is 2.21 bits per heavy atom. The summed E-state index contributed by atoms with van der Waals surface area (Å²) in [6, 6.07) is 0. The van der Waals surface area contributed by atoms with Crippen molar-refractivity contribution in [1.29, 1.82) is 0 Å². The minimum atomic E-state index is -1.14. The summed E-state index contributed by atoms with van der Waals surface area (Å²) in [4.78, 5) is 25.7. The predicted octanol–water partition coefficient (Wildman–Crippen LogP) is 1.09. The maximum Gasteiger partial charge on any atom is 0.319 e. The molecule has 1 heterocycles. The molecular formula is C14H24N2O3. The van der Waals surface area contributed by atoms with Gasteiger partial charge in [0.15, 0.2) is 0 Å². The van der Waals surface area contributed by atoms with Gasteiger partial charge in [0.2, 0.25) is 5.91 Å². The molecule has 2 rings (SSSR count). The molecule has 0 atom stereocenters. The molecule has 19 heavy (non-hydrogen) atoms. The summed E-state index contributed by atoms with van der Waals surface area (Å²) in [6.45, 7) is 4.84. The van der Waals surface area contributed by atoms with E-state index < -0.39 is 11.4 Å². The fraction of sp³-hybridized carbons (Fsp3) is 0.857. The van der Waals surface area contributed by atoms with Crippen molar-refractivity contribution in [3.63, 3.8) is 0 Å². The summed E-state index contributed by atoms with van der Waals surface area (Å²) in [5.41, 5.74) is -1.03. The lowest BCUT2D eigenvalue weighted by atomic mass is 9.68. The number of piperidine rings is 1. The van der Waals surface area contributed by atoms with Crippen molar-refractivity contribution in [2.24, 2.45) is 10.8 Å². The van der Waals surface area contributed by atoms with Crippen LogP contribution in [0.25, 0.3) is 0 Å². The molecule has 0 aromatic heterocycles. The summed E-state index contributed by atoms with van der Waals surface area (Å²) in [5, 5.41) is 12.1. The topological polar surface area (TPSA) is 69.6 Å². The molecule has 0 aromatic rings. The van der Waals surface area contributed by atoms with E-state index in [1.54, 1.807) is 0 Å². The first kappa shape index (κ1) is 14.3. The van der Waals surface area contributed by atoms with Crippen LogP contribution in [0.3, 0.4) is 0 Å². The highest BCUT2D eigenvalue weighted by atomic mass is 16.4. The Morgan fingerprint density at radius 2 is 1.79 bits per heavy atom. The van der Waals surface area contributed by atoms with Crippen molar-refractivity contribution in [3.8, 4) is 0 Å². The SMILES string of the molecule is CN1CCC(C)(CNC(=O)C2(C(=O)O)CCC2)CC1. The van der Waals surface area contributed by atoms with E-state index >= 15 is 0 Å². The second-order valence-corrected chi connectivity index (χ2v) is 6.54. The van der Waals surface area contributed by atoms with Crippen molar-refractivity contribution < 1.29 is 14.7 Å². The highest BCUT2D eigenvalue weighted by Crippen LogP contribution is 2.41. The van der Waals surface area contributed by atoms with Crippen LogP contribution in [0.15, 0.2) is 0 Å². The minimum Gasteiger partial charge on any atom is -0.480 e. The predicted molar refractivity (Wildman–Crippen MR) is 71.8 cm³/mol. The molecule has 0 spiro atoms. The smallest absolute Gasteiger partial charge is 0.319 e. The molecule has 0 unspecified atom stereocenters. The number of hydrogen-bond acceptors (Lipinski definition) is 3. The number of nitrogens with zero attached hydrogens (tertiary/aromatic N) is 1. The van der Waals surface area contributed by atoms with E-state index in [4.69, 9.17) is 0 Å². The lowest BCUT2D eigenvalue weighted by molar-refractivity contribution is -0.162. The first-order valence-corrected chi connectivity index (χ1v) is 7.08. The molecule has 108 valence electrons. The molecule has 0 bridgehead atoms. The van der Waals surface area contributed by atoms with Crippen LogP contribution in [0.5, 0.6) is 0 Å². The van der Waals surface area contributed by atoms with Gasteiger partial charge in [0.25, 0.3) is 0 Å². The summed E-state index contributed by atoms with van der Waals surface area (Å²) < 4.78 is 0. The normalized spacial score (nSPS) is 25.4. The Morgan fingerprint density at radius 1 is 1.21 bits per heavy atom. The van der Waals surface area contributed by atoms with Crippen molar-refractivity contribution in [1.82, 2.24) is 10.2 Å². The van der Waals surface area contributed by atoms with E-state index in [9.17, 15) is 14.7 Å². The number of carboxylic acids is 1. The third-order valence-corrected chi connectivity index (χ3v) is 4.92. The number of carboxylic acid groups (broad SMARTS) is 1. The first-order valence-electron chi connectivity index (χ1n) is 7.08. The summed E-state index contributed by atoms with van der Waals surface area (Å²) in [7, 11) is 2.10. The lowest BCUT2D eigenvalue weighted by Crippen LogP contribution is -2.53. The highest BCUT2D eigenvalue weighted by Gasteiger charge is 2.51. The van der Waals surface area contributed by atoms with Gasteiger partial charge >= 0.3 is 5.97 Å². The fourth-order valence-corrected chi connectivity index (χ4v) is 2.87. The van der Waals surface area contributed by atoms with E-state index in [2.05, 4.69) is 24.2 Å². The molecule has 0 radical (unpaired) electrons. The molecule has 1 aliphatic carbocycles. The Bertz CT molecular complexity index is 369. The van der Waals surface area contributed by atoms with Gasteiger partial charge in [-0.25, -0.2) is 0 Å². The van der Waals surface area contributed by atoms with Gasteiger partial charge in [-0.3, -0.25) is 9.59 Å². The summed E-state index contributed by atoms with van der Waals surface area (Å²) in [6.07, 6.45) is 3.89. The number of likely N-dealkylation sites (tertiary alicyclic amines) is 1. The molecule has 2 aliphatic rings. The van der Waals surface area contributed by atoms with Crippen LogP contribution in [0.1, 0.15) is 39.0 Å². The second-order valence-electron chi connectivity index (χ2n) is 6.54. The van der Waals surface area contributed by atoms with Gasteiger partial charge in [-0.05, 0) is 51.2 Å². The Hall–Kier alpha value is -1.10. The second kappa shape index (κ2) is 5.12. The lowest BCUT2D eigenvalue weighted by Gasteiger charge is -2.40. The molecule has 5 nitrogen and oxygen atoms in total. The average molecular weight is 268 g/mol. The van der Waals surface area contributed by atoms with E-state index in [1.165, 1.54) is 0 Å². The van der Waals surface area contributed by atoms with Crippen LogP contribution in [0.2, 0.25) is 0 Å².